The summed E-state index contributed by atoms with van der Waals surface area (Å²) in [5.41, 5.74) is 7.68. The SMILES string of the molecule is [CH2]CCc1cccc(N)c1. The van der Waals surface area contributed by atoms with Gasteiger partial charge in [-0.1, -0.05) is 19.1 Å². The summed E-state index contributed by atoms with van der Waals surface area (Å²) >= 11 is 0. The van der Waals surface area contributed by atoms with Crippen LogP contribution in [-0.4, -0.2) is 0 Å². The van der Waals surface area contributed by atoms with Crippen LogP contribution in [0.3, 0.4) is 0 Å². The van der Waals surface area contributed by atoms with Crippen molar-refractivity contribution in [3.63, 3.8) is 0 Å². The molecule has 53 valence electrons. The summed E-state index contributed by atoms with van der Waals surface area (Å²) in [7, 11) is 0. The minimum atomic E-state index is 0.839. The van der Waals surface area contributed by atoms with Gasteiger partial charge in [0, 0.05) is 5.69 Å². The fraction of sp³-hybridized carbons (Fsp3) is 0.222. The van der Waals surface area contributed by atoms with Gasteiger partial charge in [0.2, 0.25) is 0 Å². The molecule has 0 fully saturated rings. The van der Waals surface area contributed by atoms with Crippen molar-refractivity contribution in [1.29, 1.82) is 0 Å². The highest BCUT2D eigenvalue weighted by Gasteiger charge is 1.89. The zero-order chi connectivity index (χ0) is 7.40. The summed E-state index contributed by atoms with van der Waals surface area (Å²) in [6.07, 6.45) is 1.95. The molecule has 1 radical (unpaired) electrons. The molecule has 0 heterocycles. The lowest BCUT2D eigenvalue weighted by Crippen LogP contribution is -1.87. The maximum absolute atomic E-state index is 5.57. The van der Waals surface area contributed by atoms with E-state index >= 15 is 0 Å². The van der Waals surface area contributed by atoms with Crippen LogP contribution in [0.2, 0.25) is 0 Å². The van der Waals surface area contributed by atoms with Gasteiger partial charge in [0.25, 0.3) is 0 Å². The largest absolute Gasteiger partial charge is 0.399 e. The molecule has 1 heteroatoms. The van der Waals surface area contributed by atoms with Crippen molar-refractivity contribution in [3.05, 3.63) is 36.8 Å². The highest BCUT2D eigenvalue weighted by Crippen LogP contribution is 2.07. The Morgan fingerprint density at radius 3 is 2.80 bits per heavy atom. The summed E-state index contributed by atoms with van der Waals surface area (Å²) in [6.45, 7) is 3.77. The summed E-state index contributed by atoms with van der Waals surface area (Å²) < 4.78 is 0. The molecule has 0 saturated heterocycles. The van der Waals surface area contributed by atoms with Crippen molar-refractivity contribution in [2.24, 2.45) is 0 Å². The van der Waals surface area contributed by atoms with Crippen LogP contribution < -0.4 is 5.73 Å². The first-order valence-corrected chi connectivity index (χ1v) is 3.46. The molecule has 0 unspecified atom stereocenters. The van der Waals surface area contributed by atoms with Crippen molar-refractivity contribution in [3.8, 4) is 0 Å². The predicted octanol–water partition coefficient (Wildman–Crippen LogP) is 2.04. The first-order valence-electron chi connectivity index (χ1n) is 3.46. The maximum atomic E-state index is 5.57. The van der Waals surface area contributed by atoms with Crippen LogP contribution in [0, 0.1) is 6.92 Å². The van der Waals surface area contributed by atoms with Gasteiger partial charge >= 0.3 is 0 Å². The lowest BCUT2D eigenvalue weighted by molar-refractivity contribution is 1.00. The van der Waals surface area contributed by atoms with Gasteiger partial charge in [-0.05, 0) is 30.5 Å². The molecular weight excluding hydrogens is 122 g/mol. The molecule has 0 aliphatic heterocycles. The first-order chi connectivity index (χ1) is 4.83. The molecule has 2 N–H and O–H groups in total. The van der Waals surface area contributed by atoms with Crippen LogP contribution in [0.4, 0.5) is 5.69 Å². The summed E-state index contributed by atoms with van der Waals surface area (Å²) in [6, 6.07) is 7.93. The van der Waals surface area contributed by atoms with Crippen LogP contribution in [0.5, 0.6) is 0 Å². The summed E-state index contributed by atoms with van der Waals surface area (Å²) in [5.74, 6) is 0. The normalized spacial score (nSPS) is 9.70. The van der Waals surface area contributed by atoms with Gasteiger partial charge in [-0.3, -0.25) is 0 Å². The zero-order valence-electron chi connectivity index (χ0n) is 6.01. The van der Waals surface area contributed by atoms with E-state index in [1.807, 2.05) is 18.2 Å². The van der Waals surface area contributed by atoms with Crippen LogP contribution >= 0.6 is 0 Å². The minimum absolute atomic E-state index is 0.839. The van der Waals surface area contributed by atoms with Gasteiger partial charge in [-0.15, -0.1) is 0 Å². The van der Waals surface area contributed by atoms with Crippen molar-refractivity contribution in [2.75, 3.05) is 5.73 Å². The molecule has 0 amide bonds. The fourth-order valence-corrected chi connectivity index (χ4v) is 0.953. The molecule has 0 aromatic heterocycles. The topological polar surface area (TPSA) is 26.0 Å². The standard InChI is InChI=1S/C9H12N/c1-2-4-8-5-3-6-9(10)7-8/h3,5-7H,1-2,4,10H2. The van der Waals surface area contributed by atoms with E-state index in [9.17, 15) is 0 Å². The molecule has 10 heavy (non-hydrogen) atoms. The number of hydrogen-bond donors (Lipinski definition) is 1. The molecule has 1 aromatic carbocycles. The highest BCUT2D eigenvalue weighted by atomic mass is 14.5. The second-order valence-electron chi connectivity index (χ2n) is 2.35. The molecule has 1 aromatic rings. The second kappa shape index (κ2) is 3.25. The minimum Gasteiger partial charge on any atom is -0.399 e. The second-order valence-corrected chi connectivity index (χ2v) is 2.35. The van der Waals surface area contributed by atoms with Crippen LogP contribution in [0.15, 0.2) is 24.3 Å². The number of rotatable bonds is 2. The van der Waals surface area contributed by atoms with Gasteiger partial charge < -0.3 is 5.73 Å². The first kappa shape index (κ1) is 7.13. The zero-order valence-corrected chi connectivity index (χ0v) is 6.01. The van der Waals surface area contributed by atoms with E-state index < -0.39 is 0 Å². The molecular formula is C9H12N. The van der Waals surface area contributed by atoms with Crippen molar-refractivity contribution < 1.29 is 0 Å². The maximum Gasteiger partial charge on any atom is 0.0316 e. The van der Waals surface area contributed by atoms with E-state index in [2.05, 4.69) is 13.0 Å². The average molecular weight is 134 g/mol. The van der Waals surface area contributed by atoms with Gasteiger partial charge in [-0.25, -0.2) is 0 Å². The predicted molar refractivity (Wildman–Crippen MR) is 44.5 cm³/mol. The number of anilines is 1. The lowest BCUT2D eigenvalue weighted by Gasteiger charge is -1.97. The molecule has 0 atom stereocenters. The number of aryl methyl sites for hydroxylation is 1. The van der Waals surface area contributed by atoms with Gasteiger partial charge in [0.05, 0.1) is 0 Å². The number of benzene rings is 1. The van der Waals surface area contributed by atoms with Crippen LogP contribution in [0.1, 0.15) is 12.0 Å². The van der Waals surface area contributed by atoms with Crippen LogP contribution in [-0.2, 0) is 6.42 Å². The van der Waals surface area contributed by atoms with E-state index in [1.165, 1.54) is 5.56 Å². The molecule has 1 nitrogen and oxygen atoms in total. The quantitative estimate of drug-likeness (QED) is 0.615. The fourth-order valence-electron chi connectivity index (χ4n) is 0.953. The molecule has 0 spiro atoms. The Kier molecular flexibility index (Phi) is 2.32. The lowest BCUT2D eigenvalue weighted by atomic mass is 10.1. The Morgan fingerprint density at radius 2 is 2.20 bits per heavy atom. The van der Waals surface area contributed by atoms with E-state index in [0.717, 1.165) is 18.5 Å². The summed E-state index contributed by atoms with van der Waals surface area (Å²) in [5, 5.41) is 0. The van der Waals surface area contributed by atoms with Crippen molar-refractivity contribution in [2.45, 2.75) is 12.8 Å². The van der Waals surface area contributed by atoms with Crippen molar-refractivity contribution in [1.82, 2.24) is 0 Å². The summed E-state index contributed by atoms with van der Waals surface area (Å²) in [4.78, 5) is 0. The van der Waals surface area contributed by atoms with Gasteiger partial charge in [0.1, 0.15) is 0 Å². The molecule has 0 saturated carbocycles. The Balaban J connectivity index is 2.75. The third kappa shape index (κ3) is 1.76. The Morgan fingerprint density at radius 1 is 1.40 bits per heavy atom. The molecule has 0 aliphatic rings. The van der Waals surface area contributed by atoms with E-state index in [-0.39, 0.29) is 0 Å². The van der Waals surface area contributed by atoms with E-state index in [1.54, 1.807) is 0 Å². The number of nitrogen functional groups attached to an aromatic ring is 1. The Bertz CT molecular complexity index is 206. The Hall–Kier alpha value is -0.980. The van der Waals surface area contributed by atoms with Gasteiger partial charge in [0.15, 0.2) is 0 Å². The smallest absolute Gasteiger partial charge is 0.0316 e. The van der Waals surface area contributed by atoms with Gasteiger partial charge in [-0.2, -0.15) is 0 Å². The van der Waals surface area contributed by atoms with E-state index in [0.29, 0.717) is 0 Å². The van der Waals surface area contributed by atoms with E-state index in [4.69, 9.17) is 5.73 Å². The molecule has 0 bridgehead atoms. The van der Waals surface area contributed by atoms with Crippen molar-refractivity contribution >= 4 is 5.69 Å². The third-order valence-electron chi connectivity index (χ3n) is 1.42. The Labute approximate surface area is 61.9 Å². The number of nitrogens with two attached hydrogens (primary N) is 1. The third-order valence-corrected chi connectivity index (χ3v) is 1.42. The molecule has 1 rings (SSSR count). The highest BCUT2D eigenvalue weighted by molar-refractivity contribution is 5.40. The number of hydrogen-bond acceptors (Lipinski definition) is 1. The van der Waals surface area contributed by atoms with Crippen LogP contribution in [0.25, 0.3) is 0 Å². The monoisotopic (exact) mass is 134 g/mol. The molecule has 0 aliphatic carbocycles. The average Bonchev–Trinajstić information content (AvgIpc) is 1.88.